The Balaban J connectivity index is 2.21. The van der Waals surface area contributed by atoms with Crippen LogP contribution in [0.5, 0.6) is 0 Å². The summed E-state index contributed by atoms with van der Waals surface area (Å²) in [6.07, 6.45) is 0. The lowest BCUT2D eigenvalue weighted by molar-refractivity contribution is 0.735. The first-order chi connectivity index (χ1) is 8.20. The Morgan fingerprint density at radius 1 is 1.24 bits per heavy atom. The molecule has 0 bridgehead atoms. The van der Waals surface area contributed by atoms with Gasteiger partial charge in [0.25, 0.3) is 0 Å². The van der Waals surface area contributed by atoms with Crippen LogP contribution < -0.4 is 5.32 Å². The molecule has 0 fully saturated rings. The average molecular weight is 357 g/mol. The summed E-state index contributed by atoms with van der Waals surface area (Å²) in [6, 6.07) is 11.1. The van der Waals surface area contributed by atoms with Gasteiger partial charge in [0, 0.05) is 19.9 Å². The predicted molar refractivity (Wildman–Crippen MR) is 84.6 cm³/mol. The van der Waals surface area contributed by atoms with Crippen LogP contribution in [-0.4, -0.2) is 6.54 Å². The predicted octanol–water partition coefficient (Wildman–Crippen LogP) is 4.44. The van der Waals surface area contributed by atoms with E-state index in [2.05, 4.69) is 72.1 Å². The Kier molecular flexibility index (Phi) is 4.59. The van der Waals surface area contributed by atoms with Gasteiger partial charge in [0.2, 0.25) is 0 Å². The summed E-state index contributed by atoms with van der Waals surface area (Å²) in [7, 11) is 0. The molecule has 0 unspecified atom stereocenters. The van der Waals surface area contributed by atoms with Crippen LogP contribution in [0.4, 0.5) is 0 Å². The van der Waals surface area contributed by atoms with Crippen LogP contribution in [-0.2, 0) is 6.54 Å². The number of rotatable bonds is 4. The zero-order chi connectivity index (χ0) is 12.3. The Hall–Kier alpha value is -0.390. The lowest BCUT2D eigenvalue weighted by Gasteiger charge is -2.02. The van der Waals surface area contributed by atoms with E-state index < -0.39 is 0 Å². The summed E-state index contributed by atoms with van der Waals surface area (Å²) >= 11 is 4.27. The Morgan fingerprint density at radius 3 is 2.76 bits per heavy atom. The van der Waals surface area contributed by atoms with E-state index in [9.17, 15) is 0 Å². The van der Waals surface area contributed by atoms with Gasteiger partial charge in [-0.1, -0.05) is 19.1 Å². The molecule has 2 aromatic rings. The van der Waals surface area contributed by atoms with Gasteiger partial charge >= 0.3 is 0 Å². The molecule has 17 heavy (non-hydrogen) atoms. The molecule has 1 aromatic heterocycles. The molecule has 90 valence electrons. The molecule has 0 radical (unpaired) electrons. The van der Waals surface area contributed by atoms with Gasteiger partial charge in [-0.3, -0.25) is 0 Å². The highest BCUT2D eigenvalue weighted by Gasteiger charge is 2.04. The number of halogens is 1. The summed E-state index contributed by atoms with van der Waals surface area (Å²) in [5.74, 6) is 0. The average Bonchev–Trinajstić information content (AvgIpc) is 2.79. The van der Waals surface area contributed by atoms with E-state index in [4.69, 9.17) is 0 Å². The van der Waals surface area contributed by atoms with Crippen LogP contribution in [0, 0.1) is 10.5 Å². The molecular weight excluding hydrogens is 341 g/mol. The molecule has 0 aliphatic rings. The molecule has 1 aromatic carbocycles. The number of nitrogens with one attached hydrogen (secondary N) is 1. The number of thiophene rings is 1. The van der Waals surface area contributed by atoms with Gasteiger partial charge in [-0.2, -0.15) is 0 Å². The lowest BCUT2D eigenvalue weighted by Crippen LogP contribution is -2.10. The van der Waals surface area contributed by atoms with E-state index >= 15 is 0 Å². The maximum absolute atomic E-state index is 3.36. The van der Waals surface area contributed by atoms with Gasteiger partial charge in [-0.25, -0.2) is 0 Å². The molecule has 0 aliphatic carbocycles. The lowest BCUT2D eigenvalue weighted by atomic mass is 10.1. The normalized spacial score (nSPS) is 10.8. The van der Waals surface area contributed by atoms with Crippen LogP contribution in [0.3, 0.4) is 0 Å². The van der Waals surface area contributed by atoms with Gasteiger partial charge in [0.1, 0.15) is 0 Å². The number of aryl methyl sites for hydroxylation is 1. The Labute approximate surface area is 120 Å². The molecular formula is C14H16INS. The van der Waals surface area contributed by atoms with Crippen LogP contribution >= 0.6 is 33.9 Å². The smallest absolute Gasteiger partial charge is 0.0346 e. The van der Waals surface area contributed by atoms with Crippen molar-refractivity contribution in [1.29, 1.82) is 0 Å². The first kappa shape index (κ1) is 13.1. The Bertz CT molecular complexity index is 505. The minimum atomic E-state index is 0.976. The van der Waals surface area contributed by atoms with Crippen molar-refractivity contribution in [2.75, 3.05) is 6.54 Å². The van der Waals surface area contributed by atoms with Crippen molar-refractivity contribution in [2.45, 2.75) is 20.4 Å². The van der Waals surface area contributed by atoms with Crippen molar-refractivity contribution in [3.8, 4) is 10.4 Å². The van der Waals surface area contributed by atoms with E-state index in [1.165, 1.54) is 24.5 Å². The van der Waals surface area contributed by atoms with E-state index in [0.717, 1.165) is 13.1 Å². The third-order valence-electron chi connectivity index (χ3n) is 2.67. The minimum absolute atomic E-state index is 0.976. The first-order valence-corrected chi connectivity index (χ1v) is 7.66. The zero-order valence-electron chi connectivity index (χ0n) is 10.1. The van der Waals surface area contributed by atoms with Crippen molar-refractivity contribution >= 4 is 33.9 Å². The summed E-state index contributed by atoms with van der Waals surface area (Å²) in [5.41, 5.74) is 2.67. The summed E-state index contributed by atoms with van der Waals surface area (Å²) in [4.78, 5) is 2.76. The van der Waals surface area contributed by atoms with Crippen molar-refractivity contribution in [3.05, 3.63) is 44.3 Å². The maximum atomic E-state index is 3.36. The fraction of sp³-hybridized carbons (Fsp3) is 0.286. The SMILES string of the molecule is CCNCc1ccc(-c2ccc(C)c(I)c2)s1. The molecule has 0 saturated heterocycles. The van der Waals surface area contributed by atoms with Crippen molar-refractivity contribution < 1.29 is 0 Å². The summed E-state index contributed by atoms with van der Waals surface area (Å²) < 4.78 is 1.33. The molecule has 0 saturated carbocycles. The first-order valence-electron chi connectivity index (χ1n) is 5.76. The third kappa shape index (κ3) is 3.30. The van der Waals surface area contributed by atoms with Crippen LogP contribution in [0.15, 0.2) is 30.3 Å². The van der Waals surface area contributed by atoms with Gasteiger partial charge in [0.15, 0.2) is 0 Å². The molecule has 1 N–H and O–H groups in total. The molecule has 0 aliphatic heterocycles. The number of benzene rings is 1. The third-order valence-corrected chi connectivity index (χ3v) is 4.96. The van der Waals surface area contributed by atoms with Gasteiger partial charge in [-0.05, 0) is 65.4 Å². The number of hydrogen-bond donors (Lipinski definition) is 1. The van der Waals surface area contributed by atoms with E-state index in [-0.39, 0.29) is 0 Å². The molecule has 2 rings (SSSR count). The van der Waals surface area contributed by atoms with E-state index in [0.29, 0.717) is 0 Å². The van der Waals surface area contributed by atoms with Crippen LogP contribution in [0.25, 0.3) is 10.4 Å². The second kappa shape index (κ2) is 5.98. The van der Waals surface area contributed by atoms with Gasteiger partial charge in [0.05, 0.1) is 0 Å². The second-order valence-corrected chi connectivity index (χ2v) is 6.34. The van der Waals surface area contributed by atoms with Crippen molar-refractivity contribution in [1.82, 2.24) is 5.32 Å². The molecule has 0 amide bonds. The zero-order valence-corrected chi connectivity index (χ0v) is 13.1. The molecule has 0 spiro atoms. The van der Waals surface area contributed by atoms with Crippen molar-refractivity contribution in [3.63, 3.8) is 0 Å². The monoisotopic (exact) mass is 357 g/mol. The number of hydrogen-bond acceptors (Lipinski definition) is 2. The minimum Gasteiger partial charge on any atom is -0.312 e. The summed E-state index contributed by atoms with van der Waals surface area (Å²) in [6.45, 7) is 6.28. The highest BCUT2D eigenvalue weighted by atomic mass is 127. The topological polar surface area (TPSA) is 12.0 Å². The highest BCUT2D eigenvalue weighted by Crippen LogP contribution is 2.29. The van der Waals surface area contributed by atoms with Gasteiger partial charge < -0.3 is 5.32 Å². The fourth-order valence-corrected chi connectivity index (χ4v) is 3.11. The highest BCUT2D eigenvalue weighted by molar-refractivity contribution is 14.1. The molecule has 1 heterocycles. The molecule has 0 atom stereocenters. The molecule has 3 heteroatoms. The van der Waals surface area contributed by atoms with Crippen LogP contribution in [0.2, 0.25) is 0 Å². The molecule has 1 nitrogen and oxygen atoms in total. The standard InChI is InChI=1S/C14H16INS/c1-3-16-9-12-6-7-14(17-12)11-5-4-10(2)13(15)8-11/h4-8,16H,3,9H2,1-2H3. The van der Waals surface area contributed by atoms with Gasteiger partial charge in [-0.15, -0.1) is 11.3 Å². The largest absolute Gasteiger partial charge is 0.312 e. The fourth-order valence-electron chi connectivity index (χ4n) is 1.62. The van der Waals surface area contributed by atoms with E-state index in [1.807, 2.05) is 11.3 Å². The summed E-state index contributed by atoms with van der Waals surface area (Å²) in [5, 5.41) is 3.36. The van der Waals surface area contributed by atoms with Crippen LogP contribution in [0.1, 0.15) is 17.4 Å². The van der Waals surface area contributed by atoms with Crippen molar-refractivity contribution in [2.24, 2.45) is 0 Å². The quantitative estimate of drug-likeness (QED) is 0.798. The Morgan fingerprint density at radius 2 is 2.06 bits per heavy atom. The maximum Gasteiger partial charge on any atom is 0.0346 e. The second-order valence-electron chi connectivity index (χ2n) is 4.01. The van der Waals surface area contributed by atoms with E-state index in [1.54, 1.807) is 0 Å².